The summed E-state index contributed by atoms with van der Waals surface area (Å²) in [6.45, 7) is 1.27. The number of aliphatic hydroxyl groups excluding tert-OH is 1. The second-order valence-electron chi connectivity index (χ2n) is 3.70. The Kier molecular flexibility index (Phi) is 4.10. The van der Waals surface area contributed by atoms with Crippen LogP contribution in [0.25, 0.3) is 4.98 Å². The molecule has 0 radical (unpaired) electrons. The van der Waals surface area contributed by atoms with Gasteiger partial charge < -0.3 is 9.84 Å². The fraction of sp³-hybridized carbons (Fsp3) is 0.700. The number of esters is 1. The van der Waals surface area contributed by atoms with Gasteiger partial charge in [-0.1, -0.05) is 6.42 Å². The Bertz CT molecular complexity index is 307. The maximum atomic E-state index is 11.4. The molecule has 15 heavy (non-hydrogen) atoms. The molecule has 0 atom stereocenters. The Morgan fingerprint density at radius 3 is 2.47 bits per heavy atom. The third kappa shape index (κ3) is 3.24. The SMILES string of the molecule is C/C(O)=C(\[N+]#N)C(=O)OC1CCCCC1. The summed E-state index contributed by atoms with van der Waals surface area (Å²) in [6, 6.07) is 0. The Balaban J connectivity index is 2.55. The quantitative estimate of drug-likeness (QED) is 0.329. The van der Waals surface area contributed by atoms with Crippen LogP contribution in [-0.4, -0.2) is 17.2 Å². The van der Waals surface area contributed by atoms with Gasteiger partial charge in [-0.15, -0.1) is 0 Å². The van der Waals surface area contributed by atoms with Gasteiger partial charge in [0, 0.05) is 6.92 Å². The lowest BCUT2D eigenvalue weighted by Crippen LogP contribution is -2.21. The molecule has 0 aromatic rings. The monoisotopic (exact) mass is 211 g/mol. The van der Waals surface area contributed by atoms with Crippen LogP contribution < -0.4 is 0 Å². The van der Waals surface area contributed by atoms with Gasteiger partial charge in [0.25, 0.3) is 0 Å². The van der Waals surface area contributed by atoms with E-state index < -0.39 is 11.7 Å². The maximum Gasteiger partial charge on any atom is 0.504 e. The third-order valence-electron chi connectivity index (χ3n) is 2.46. The van der Waals surface area contributed by atoms with Gasteiger partial charge in [0.1, 0.15) is 6.10 Å². The number of hydrogen-bond acceptors (Lipinski definition) is 4. The van der Waals surface area contributed by atoms with Crippen LogP contribution in [0.4, 0.5) is 0 Å². The van der Waals surface area contributed by atoms with E-state index in [1.807, 2.05) is 0 Å². The Morgan fingerprint density at radius 1 is 1.40 bits per heavy atom. The minimum atomic E-state index is -0.760. The number of ether oxygens (including phenoxy) is 1. The number of carbonyl (C=O) groups is 1. The van der Waals surface area contributed by atoms with E-state index in [2.05, 4.69) is 4.98 Å². The second-order valence-corrected chi connectivity index (χ2v) is 3.70. The number of rotatable bonds is 2. The van der Waals surface area contributed by atoms with Crippen molar-refractivity contribution in [1.82, 2.24) is 0 Å². The minimum Gasteiger partial charge on any atom is -0.505 e. The van der Waals surface area contributed by atoms with E-state index in [0.29, 0.717) is 0 Å². The van der Waals surface area contributed by atoms with Crippen LogP contribution in [0, 0.1) is 5.39 Å². The molecule has 1 N–H and O–H groups in total. The molecule has 1 aliphatic carbocycles. The predicted octanol–water partition coefficient (Wildman–Crippen LogP) is 2.50. The fourth-order valence-corrected chi connectivity index (χ4v) is 1.65. The van der Waals surface area contributed by atoms with Gasteiger partial charge in [0.2, 0.25) is 5.39 Å². The second kappa shape index (κ2) is 5.35. The Hall–Kier alpha value is -1.57. The average molecular weight is 211 g/mol. The molecule has 0 aromatic carbocycles. The van der Waals surface area contributed by atoms with Crippen LogP contribution >= 0.6 is 0 Å². The molecule has 0 saturated heterocycles. The van der Waals surface area contributed by atoms with Gasteiger partial charge in [0.15, 0.2) is 10.7 Å². The third-order valence-corrected chi connectivity index (χ3v) is 2.46. The molecule has 0 bridgehead atoms. The van der Waals surface area contributed by atoms with Gasteiger partial charge in [-0.05, 0) is 25.7 Å². The van der Waals surface area contributed by atoms with Gasteiger partial charge in [-0.25, -0.2) is 4.79 Å². The lowest BCUT2D eigenvalue weighted by Gasteiger charge is -2.20. The smallest absolute Gasteiger partial charge is 0.504 e. The van der Waals surface area contributed by atoms with E-state index in [-0.39, 0.29) is 11.9 Å². The molecule has 0 amide bonds. The van der Waals surface area contributed by atoms with E-state index in [1.165, 1.54) is 13.3 Å². The van der Waals surface area contributed by atoms with Crippen molar-refractivity contribution in [3.05, 3.63) is 16.4 Å². The number of allylic oxidation sites excluding steroid dienone is 1. The van der Waals surface area contributed by atoms with Crippen LogP contribution in [0.15, 0.2) is 11.5 Å². The molecule has 82 valence electrons. The highest BCUT2D eigenvalue weighted by molar-refractivity contribution is 5.90. The largest absolute Gasteiger partial charge is 0.505 e. The summed E-state index contributed by atoms with van der Waals surface area (Å²) in [5.74, 6) is -1.09. The number of diazo groups is 1. The highest BCUT2D eigenvalue weighted by Crippen LogP contribution is 2.21. The van der Waals surface area contributed by atoms with Crippen LogP contribution in [0.3, 0.4) is 0 Å². The first-order chi connectivity index (χ1) is 7.15. The molecule has 1 saturated carbocycles. The maximum absolute atomic E-state index is 11.4. The molecular weight excluding hydrogens is 196 g/mol. The topological polar surface area (TPSA) is 74.7 Å². The molecule has 0 heterocycles. The van der Waals surface area contributed by atoms with E-state index in [4.69, 9.17) is 15.2 Å². The summed E-state index contributed by atoms with van der Waals surface area (Å²) in [5.41, 5.74) is -0.416. The molecule has 0 unspecified atom stereocenters. The van der Waals surface area contributed by atoms with Gasteiger partial charge in [-0.3, -0.25) is 0 Å². The van der Waals surface area contributed by atoms with Gasteiger partial charge in [-0.2, -0.15) is 0 Å². The molecule has 1 fully saturated rings. The summed E-state index contributed by atoms with van der Waals surface area (Å²) >= 11 is 0. The van der Waals surface area contributed by atoms with Crippen LogP contribution in [0.5, 0.6) is 0 Å². The highest BCUT2D eigenvalue weighted by Gasteiger charge is 2.31. The molecule has 0 spiro atoms. The zero-order valence-electron chi connectivity index (χ0n) is 8.77. The standard InChI is InChI=1S/C10H14N2O3/c1-7(13)9(12-11)10(14)15-8-5-3-2-4-6-8/h8H,2-6H2,1H3/p+1. The average Bonchev–Trinajstić information content (AvgIpc) is 2.19. The summed E-state index contributed by atoms with van der Waals surface area (Å²) in [4.78, 5) is 14.1. The van der Waals surface area contributed by atoms with E-state index >= 15 is 0 Å². The lowest BCUT2D eigenvalue weighted by atomic mass is 9.98. The van der Waals surface area contributed by atoms with Crippen molar-refractivity contribution in [1.29, 1.82) is 5.39 Å². The molecule has 5 heteroatoms. The molecule has 5 nitrogen and oxygen atoms in total. The van der Waals surface area contributed by atoms with Gasteiger partial charge >= 0.3 is 11.7 Å². The first kappa shape index (κ1) is 11.5. The van der Waals surface area contributed by atoms with Crippen molar-refractivity contribution in [3.63, 3.8) is 0 Å². The first-order valence-corrected chi connectivity index (χ1v) is 5.11. The van der Waals surface area contributed by atoms with E-state index in [0.717, 1.165) is 25.7 Å². The fourth-order valence-electron chi connectivity index (χ4n) is 1.65. The molecule has 0 aliphatic heterocycles. The van der Waals surface area contributed by atoms with Crippen molar-refractivity contribution in [3.8, 4) is 0 Å². The zero-order valence-corrected chi connectivity index (χ0v) is 8.77. The molecule has 1 aliphatic rings. The number of aliphatic hydroxyl groups is 1. The lowest BCUT2D eigenvalue weighted by molar-refractivity contribution is -0.145. The van der Waals surface area contributed by atoms with Crippen molar-refractivity contribution in [2.75, 3.05) is 0 Å². The first-order valence-electron chi connectivity index (χ1n) is 5.11. The van der Waals surface area contributed by atoms with Crippen molar-refractivity contribution in [2.24, 2.45) is 0 Å². The molecular formula is C10H15N2O3+. The van der Waals surface area contributed by atoms with Crippen LogP contribution in [0.2, 0.25) is 0 Å². The predicted molar refractivity (Wildman–Crippen MR) is 53.4 cm³/mol. The minimum absolute atomic E-state index is 0.109. The summed E-state index contributed by atoms with van der Waals surface area (Å²) in [5, 5.41) is 17.5. The van der Waals surface area contributed by atoms with Crippen molar-refractivity contribution < 1.29 is 14.6 Å². The van der Waals surface area contributed by atoms with E-state index in [1.54, 1.807) is 0 Å². The highest BCUT2D eigenvalue weighted by atomic mass is 16.5. The molecule has 0 aromatic heterocycles. The molecule has 1 rings (SSSR count). The Labute approximate surface area is 88.4 Å². The van der Waals surface area contributed by atoms with Crippen LogP contribution in [-0.2, 0) is 9.53 Å². The summed E-state index contributed by atoms with van der Waals surface area (Å²) in [7, 11) is 0. The van der Waals surface area contributed by atoms with Crippen molar-refractivity contribution in [2.45, 2.75) is 45.1 Å². The number of nitrogens with zero attached hydrogens (tertiary/aromatic N) is 2. The normalized spacial score (nSPS) is 18.9. The van der Waals surface area contributed by atoms with Gasteiger partial charge in [0.05, 0.1) is 0 Å². The summed E-state index contributed by atoms with van der Waals surface area (Å²) < 4.78 is 5.10. The van der Waals surface area contributed by atoms with Crippen molar-refractivity contribution >= 4 is 5.97 Å². The Morgan fingerprint density at radius 2 is 2.00 bits per heavy atom. The number of hydrogen-bond donors (Lipinski definition) is 1. The summed E-state index contributed by atoms with van der Waals surface area (Å²) in [6.07, 6.45) is 4.84. The number of carbonyl (C=O) groups excluding carboxylic acids is 1. The van der Waals surface area contributed by atoms with E-state index in [9.17, 15) is 4.79 Å². The zero-order chi connectivity index (χ0) is 11.3. The van der Waals surface area contributed by atoms with Crippen LogP contribution in [0.1, 0.15) is 39.0 Å².